The van der Waals surface area contributed by atoms with Gasteiger partial charge in [-0.25, -0.2) is 0 Å². The molecule has 0 radical (unpaired) electrons. The van der Waals surface area contributed by atoms with Gasteiger partial charge in [-0.1, -0.05) is 53.8 Å². The Morgan fingerprint density at radius 2 is 1.07 bits per heavy atom. The van der Waals surface area contributed by atoms with Crippen LogP contribution >= 0.6 is 0 Å². The van der Waals surface area contributed by atoms with Crippen molar-refractivity contribution in [3.8, 4) is 23.7 Å². The molecule has 4 aromatic carbocycles. The van der Waals surface area contributed by atoms with E-state index in [0.717, 1.165) is 22.3 Å². The number of rotatable bonds is 0. The molecule has 0 saturated carbocycles. The molecule has 0 heterocycles. The van der Waals surface area contributed by atoms with Gasteiger partial charge in [-0.05, 0) is 23.8 Å². The van der Waals surface area contributed by atoms with Gasteiger partial charge in [-0.3, -0.25) is 0 Å². The maximum Gasteiger partial charge on any atom is 0.0302 e. The zero-order valence-electron chi connectivity index (χ0n) is 14.7. The van der Waals surface area contributed by atoms with Crippen molar-refractivity contribution in [1.82, 2.24) is 0 Å². The average molecular weight is 386 g/mol. The maximum absolute atomic E-state index is 3.21. The van der Waals surface area contributed by atoms with E-state index in [0.29, 0.717) is 0 Å². The summed E-state index contributed by atoms with van der Waals surface area (Å²) >= 11 is 0. The van der Waals surface area contributed by atoms with Crippen LogP contribution in [0.4, 0.5) is 0 Å². The van der Waals surface area contributed by atoms with Gasteiger partial charge in [0.1, 0.15) is 0 Å². The van der Waals surface area contributed by atoms with Crippen LogP contribution in [-0.2, 0) is 17.1 Å². The number of benzene rings is 2. The van der Waals surface area contributed by atoms with Gasteiger partial charge in [0.15, 0.2) is 0 Å². The number of hydrogen-bond donors (Lipinski definition) is 0. The normalized spacial score (nSPS) is 8.59. The van der Waals surface area contributed by atoms with Crippen molar-refractivity contribution >= 4 is 0 Å². The van der Waals surface area contributed by atoms with E-state index in [2.05, 4.69) is 23.7 Å². The molecule has 0 aliphatic heterocycles. The molecule has 136 valence electrons. The van der Waals surface area contributed by atoms with E-state index in [1.165, 1.54) is 0 Å². The van der Waals surface area contributed by atoms with Crippen molar-refractivity contribution in [3.05, 3.63) is 131 Å². The van der Waals surface area contributed by atoms with Crippen LogP contribution < -0.4 is 0 Å². The minimum atomic E-state index is 0. The smallest absolute Gasteiger partial charge is 0.0302 e. The summed E-state index contributed by atoms with van der Waals surface area (Å²) in [6.45, 7) is 0. The molecule has 0 aliphatic rings. The molecule has 0 saturated heterocycles. The zero-order valence-corrected chi connectivity index (χ0v) is 15.9. The summed E-state index contributed by atoms with van der Waals surface area (Å²) in [6.07, 6.45) is 0. The molecule has 4 aromatic rings. The quantitative estimate of drug-likeness (QED) is 0.209. The fourth-order valence-electron chi connectivity index (χ4n) is 2.28. The Bertz CT molecular complexity index is 999. The van der Waals surface area contributed by atoms with Gasteiger partial charge in [0.2, 0.25) is 0 Å². The van der Waals surface area contributed by atoms with Gasteiger partial charge in [-0.15, -0.1) is 12.1 Å². The topological polar surface area (TPSA) is 0 Å². The Morgan fingerprint density at radius 1 is 0.556 bits per heavy atom. The van der Waals surface area contributed by atoms with Gasteiger partial charge < -0.3 is 30.3 Å². The van der Waals surface area contributed by atoms with E-state index >= 15 is 0 Å². The van der Waals surface area contributed by atoms with E-state index < -0.39 is 0 Å². The third-order valence-corrected chi connectivity index (χ3v) is 3.60. The first-order valence-electron chi connectivity index (χ1n) is 8.48. The minimum absolute atomic E-state index is 0. The standard InChI is InChI=1S/C21H13.C5H5.Fe/c1-2-8-18(9-3-1)14-16-20-12-6-7-13-21(20)17-15-19-10-4-5-11-19;1-2-4-5-3-1;/h1-13H;1-5H;/q-1;-5;. The summed E-state index contributed by atoms with van der Waals surface area (Å²) in [4.78, 5) is 0. The van der Waals surface area contributed by atoms with Crippen molar-refractivity contribution in [1.29, 1.82) is 0 Å². The van der Waals surface area contributed by atoms with Crippen molar-refractivity contribution in [2.75, 3.05) is 0 Å². The molecule has 0 nitrogen and oxygen atoms in total. The summed E-state index contributed by atoms with van der Waals surface area (Å²) in [5, 5.41) is 0. The van der Waals surface area contributed by atoms with E-state index in [1.807, 2.05) is 109 Å². The minimum Gasteiger partial charge on any atom is -0.748 e. The molecule has 0 fully saturated rings. The molecule has 4 rings (SSSR count). The summed E-state index contributed by atoms with van der Waals surface area (Å²) in [5.74, 6) is 12.7. The summed E-state index contributed by atoms with van der Waals surface area (Å²) in [5.41, 5.74) is 3.96. The molecule has 27 heavy (non-hydrogen) atoms. The van der Waals surface area contributed by atoms with E-state index in [1.54, 1.807) is 0 Å². The fraction of sp³-hybridized carbons (Fsp3) is 0. The van der Waals surface area contributed by atoms with Crippen LogP contribution in [0.5, 0.6) is 0 Å². The molecule has 0 aromatic heterocycles. The van der Waals surface area contributed by atoms with Gasteiger partial charge in [0.05, 0.1) is 0 Å². The van der Waals surface area contributed by atoms with Crippen LogP contribution in [0.25, 0.3) is 0 Å². The van der Waals surface area contributed by atoms with Crippen LogP contribution in [-0.4, -0.2) is 0 Å². The van der Waals surface area contributed by atoms with Crippen molar-refractivity contribution in [2.24, 2.45) is 0 Å². The second-order valence-electron chi connectivity index (χ2n) is 5.55. The molecule has 0 unspecified atom stereocenters. The molecule has 0 amide bonds. The molecule has 0 aliphatic carbocycles. The Balaban J connectivity index is 0.000000379. The first-order valence-corrected chi connectivity index (χ1v) is 8.48. The SMILES string of the molecule is C(#Cc1ccccc1C#C[c-]1cccc1)c1ccccc1.[Fe].[cH-]1[cH-][cH-][cH-][cH-]1. The summed E-state index contributed by atoms with van der Waals surface area (Å²) in [7, 11) is 0. The molecular formula is C26H18Fe-6. The van der Waals surface area contributed by atoms with Crippen LogP contribution in [0.3, 0.4) is 0 Å². The molecule has 0 N–H and O–H groups in total. The maximum atomic E-state index is 3.21. The van der Waals surface area contributed by atoms with Crippen molar-refractivity contribution in [3.63, 3.8) is 0 Å². The molecule has 0 spiro atoms. The summed E-state index contributed by atoms with van der Waals surface area (Å²) in [6, 6.07) is 36.0. The van der Waals surface area contributed by atoms with Crippen LogP contribution in [0, 0.1) is 23.7 Å². The van der Waals surface area contributed by atoms with Gasteiger partial charge in [0, 0.05) is 28.2 Å². The average Bonchev–Trinajstić information content (AvgIpc) is 3.43. The number of hydrogen-bond acceptors (Lipinski definition) is 0. The van der Waals surface area contributed by atoms with E-state index in [9.17, 15) is 0 Å². The Kier molecular flexibility index (Phi) is 8.49. The first-order chi connectivity index (χ1) is 12.9. The Morgan fingerprint density at radius 3 is 1.67 bits per heavy atom. The molecule has 0 atom stereocenters. The first kappa shape index (κ1) is 20.1. The third kappa shape index (κ3) is 6.89. The van der Waals surface area contributed by atoms with Gasteiger partial charge in [0.25, 0.3) is 0 Å². The molecular weight excluding hydrogens is 368 g/mol. The van der Waals surface area contributed by atoms with E-state index in [-0.39, 0.29) is 17.1 Å². The third-order valence-electron chi connectivity index (χ3n) is 3.60. The van der Waals surface area contributed by atoms with Gasteiger partial charge in [-0.2, -0.15) is 24.0 Å². The Labute approximate surface area is 172 Å². The fourth-order valence-corrected chi connectivity index (χ4v) is 2.28. The predicted octanol–water partition coefficient (Wildman–Crippen LogP) is 5.61. The second kappa shape index (κ2) is 11.4. The largest absolute Gasteiger partial charge is 0.748 e. The van der Waals surface area contributed by atoms with Gasteiger partial charge >= 0.3 is 0 Å². The predicted molar refractivity (Wildman–Crippen MR) is 109 cm³/mol. The van der Waals surface area contributed by atoms with Crippen molar-refractivity contribution < 1.29 is 17.1 Å². The van der Waals surface area contributed by atoms with Crippen LogP contribution in [0.1, 0.15) is 22.3 Å². The Hall–Kier alpha value is -3.22. The monoisotopic (exact) mass is 386 g/mol. The van der Waals surface area contributed by atoms with Crippen LogP contribution in [0.2, 0.25) is 0 Å². The van der Waals surface area contributed by atoms with E-state index in [4.69, 9.17) is 0 Å². The zero-order chi connectivity index (χ0) is 17.9. The summed E-state index contributed by atoms with van der Waals surface area (Å²) < 4.78 is 0. The molecule has 0 bridgehead atoms. The molecule has 1 heteroatoms. The van der Waals surface area contributed by atoms with Crippen molar-refractivity contribution in [2.45, 2.75) is 0 Å². The second-order valence-corrected chi connectivity index (χ2v) is 5.55. The van der Waals surface area contributed by atoms with Crippen LogP contribution in [0.15, 0.2) is 109 Å².